The predicted octanol–water partition coefficient (Wildman–Crippen LogP) is 2.90. The van der Waals surface area contributed by atoms with E-state index in [9.17, 15) is 9.18 Å². The maximum atomic E-state index is 13.2. The Morgan fingerprint density at radius 3 is 2.85 bits per heavy atom. The van der Waals surface area contributed by atoms with Crippen LogP contribution in [0, 0.1) is 11.7 Å². The molecule has 106 valence electrons. The summed E-state index contributed by atoms with van der Waals surface area (Å²) in [4.78, 5) is 17.6. The van der Waals surface area contributed by atoms with Gasteiger partial charge in [-0.2, -0.15) is 4.99 Å². The van der Waals surface area contributed by atoms with E-state index in [1.807, 2.05) is 0 Å². The van der Waals surface area contributed by atoms with Gasteiger partial charge in [0.05, 0.1) is 0 Å². The molecule has 1 aliphatic heterocycles. The molecule has 1 aromatic rings. The van der Waals surface area contributed by atoms with Gasteiger partial charge in [-0.25, -0.2) is 9.18 Å². The second-order valence-electron chi connectivity index (χ2n) is 5.53. The lowest BCUT2D eigenvalue weighted by atomic mass is 9.89. The van der Waals surface area contributed by atoms with Crippen molar-refractivity contribution in [2.45, 2.75) is 25.3 Å². The SMILES string of the molecule is CC1(c2ccc(F)cc2Cl)C(N)=NC(=O)N1CC1CC1. The third-order valence-electron chi connectivity index (χ3n) is 4.08. The van der Waals surface area contributed by atoms with Gasteiger partial charge in [-0.1, -0.05) is 17.7 Å². The lowest BCUT2D eigenvalue weighted by molar-refractivity contribution is 0.174. The van der Waals surface area contributed by atoms with Crippen molar-refractivity contribution < 1.29 is 9.18 Å². The van der Waals surface area contributed by atoms with Crippen molar-refractivity contribution in [2.75, 3.05) is 6.54 Å². The zero-order chi connectivity index (χ0) is 14.5. The molecular weight excluding hydrogens is 281 g/mol. The number of carbonyl (C=O) groups is 1. The molecule has 0 aromatic heterocycles. The largest absolute Gasteiger partial charge is 0.385 e. The maximum Gasteiger partial charge on any atom is 0.346 e. The van der Waals surface area contributed by atoms with Crippen LogP contribution in [-0.4, -0.2) is 23.3 Å². The van der Waals surface area contributed by atoms with E-state index in [0.29, 0.717) is 18.0 Å². The van der Waals surface area contributed by atoms with E-state index in [2.05, 4.69) is 4.99 Å². The van der Waals surface area contributed by atoms with E-state index in [-0.39, 0.29) is 16.9 Å². The Balaban J connectivity index is 2.05. The van der Waals surface area contributed by atoms with E-state index in [0.717, 1.165) is 12.8 Å². The van der Waals surface area contributed by atoms with Crippen LogP contribution in [0.2, 0.25) is 5.02 Å². The van der Waals surface area contributed by atoms with Gasteiger partial charge in [-0.3, -0.25) is 0 Å². The number of urea groups is 1. The van der Waals surface area contributed by atoms with Crippen molar-refractivity contribution >= 4 is 23.5 Å². The maximum absolute atomic E-state index is 13.2. The molecule has 4 nitrogen and oxygen atoms in total. The third-order valence-corrected chi connectivity index (χ3v) is 4.39. The fraction of sp³-hybridized carbons (Fsp3) is 0.429. The second kappa shape index (κ2) is 4.45. The predicted molar refractivity (Wildman–Crippen MR) is 75.2 cm³/mol. The van der Waals surface area contributed by atoms with Crippen LogP contribution in [-0.2, 0) is 5.54 Å². The van der Waals surface area contributed by atoms with Crippen LogP contribution in [0.3, 0.4) is 0 Å². The molecule has 1 aliphatic carbocycles. The summed E-state index contributed by atoms with van der Waals surface area (Å²) in [6.07, 6.45) is 2.22. The number of amidine groups is 1. The van der Waals surface area contributed by atoms with Crippen LogP contribution in [0.4, 0.5) is 9.18 Å². The van der Waals surface area contributed by atoms with Gasteiger partial charge in [0.15, 0.2) is 0 Å². The summed E-state index contributed by atoms with van der Waals surface area (Å²) < 4.78 is 13.2. The molecule has 20 heavy (non-hydrogen) atoms. The highest BCUT2D eigenvalue weighted by Gasteiger charge is 2.48. The van der Waals surface area contributed by atoms with E-state index >= 15 is 0 Å². The zero-order valence-electron chi connectivity index (χ0n) is 11.1. The highest BCUT2D eigenvalue weighted by atomic mass is 35.5. The monoisotopic (exact) mass is 295 g/mol. The van der Waals surface area contributed by atoms with Crippen LogP contribution in [0.25, 0.3) is 0 Å². The molecule has 1 fully saturated rings. The van der Waals surface area contributed by atoms with Gasteiger partial charge in [0.2, 0.25) is 0 Å². The summed E-state index contributed by atoms with van der Waals surface area (Å²) in [6.45, 7) is 2.41. The zero-order valence-corrected chi connectivity index (χ0v) is 11.8. The van der Waals surface area contributed by atoms with Crippen LogP contribution in [0.5, 0.6) is 0 Å². The molecule has 1 heterocycles. The summed E-state index contributed by atoms with van der Waals surface area (Å²) in [7, 11) is 0. The molecule has 1 atom stereocenters. The van der Waals surface area contributed by atoms with Gasteiger partial charge in [0.25, 0.3) is 0 Å². The van der Waals surface area contributed by atoms with Crippen molar-refractivity contribution in [3.63, 3.8) is 0 Å². The first-order valence-corrected chi connectivity index (χ1v) is 6.92. The number of nitrogens with two attached hydrogens (primary N) is 1. The molecule has 2 amide bonds. The lowest BCUT2D eigenvalue weighted by Crippen LogP contribution is -2.50. The molecule has 0 bridgehead atoms. The van der Waals surface area contributed by atoms with Crippen molar-refractivity contribution in [2.24, 2.45) is 16.6 Å². The average molecular weight is 296 g/mol. The quantitative estimate of drug-likeness (QED) is 0.932. The topological polar surface area (TPSA) is 58.7 Å². The molecule has 2 aliphatic rings. The number of aliphatic imine (C=N–C) groups is 1. The van der Waals surface area contributed by atoms with Crippen molar-refractivity contribution in [1.82, 2.24) is 4.90 Å². The number of nitrogens with zero attached hydrogens (tertiary/aromatic N) is 2. The number of halogens is 2. The Bertz CT molecular complexity index is 614. The number of benzene rings is 1. The Morgan fingerprint density at radius 2 is 2.25 bits per heavy atom. The highest BCUT2D eigenvalue weighted by Crippen LogP contribution is 2.41. The van der Waals surface area contributed by atoms with E-state index in [1.165, 1.54) is 12.1 Å². The summed E-state index contributed by atoms with van der Waals surface area (Å²) in [5, 5.41) is 0.251. The molecule has 1 unspecified atom stereocenters. The van der Waals surface area contributed by atoms with Crippen molar-refractivity contribution in [3.8, 4) is 0 Å². The van der Waals surface area contributed by atoms with Crippen LogP contribution >= 0.6 is 11.6 Å². The lowest BCUT2D eigenvalue weighted by Gasteiger charge is -2.35. The molecule has 0 spiro atoms. The van der Waals surface area contributed by atoms with Gasteiger partial charge >= 0.3 is 6.03 Å². The normalized spacial score (nSPS) is 26.1. The highest BCUT2D eigenvalue weighted by molar-refractivity contribution is 6.32. The molecule has 3 rings (SSSR count). The van der Waals surface area contributed by atoms with Crippen LogP contribution in [0.1, 0.15) is 25.3 Å². The minimum atomic E-state index is -0.898. The molecule has 0 radical (unpaired) electrons. The first-order chi connectivity index (χ1) is 9.42. The average Bonchev–Trinajstić information content (AvgIpc) is 3.15. The number of carbonyl (C=O) groups excluding carboxylic acids is 1. The van der Waals surface area contributed by atoms with Crippen molar-refractivity contribution in [1.29, 1.82) is 0 Å². The van der Waals surface area contributed by atoms with E-state index in [4.69, 9.17) is 17.3 Å². The fourth-order valence-electron chi connectivity index (χ4n) is 2.59. The van der Waals surface area contributed by atoms with Gasteiger partial charge in [-0.15, -0.1) is 0 Å². The first kappa shape index (κ1) is 13.4. The Morgan fingerprint density at radius 1 is 1.55 bits per heavy atom. The van der Waals surface area contributed by atoms with Crippen LogP contribution in [0.15, 0.2) is 23.2 Å². The molecule has 2 N–H and O–H groups in total. The minimum absolute atomic E-state index is 0.205. The minimum Gasteiger partial charge on any atom is -0.385 e. The Labute approximate surface area is 121 Å². The van der Waals surface area contributed by atoms with Gasteiger partial charge in [0.1, 0.15) is 17.2 Å². The van der Waals surface area contributed by atoms with Gasteiger partial charge in [-0.05, 0) is 37.8 Å². The summed E-state index contributed by atoms with van der Waals surface area (Å²) in [5.74, 6) is 0.284. The van der Waals surface area contributed by atoms with Gasteiger partial charge in [0, 0.05) is 17.1 Å². The molecular formula is C14H15ClFN3O. The number of hydrogen-bond acceptors (Lipinski definition) is 2. The van der Waals surface area contributed by atoms with E-state index < -0.39 is 11.4 Å². The number of amides is 2. The molecule has 1 saturated carbocycles. The second-order valence-corrected chi connectivity index (χ2v) is 5.94. The third kappa shape index (κ3) is 1.97. The number of hydrogen-bond donors (Lipinski definition) is 1. The fourth-order valence-corrected chi connectivity index (χ4v) is 2.94. The summed E-state index contributed by atoms with van der Waals surface area (Å²) >= 11 is 6.14. The molecule has 1 aromatic carbocycles. The smallest absolute Gasteiger partial charge is 0.346 e. The van der Waals surface area contributed by atoms with Crippen LogP contribution < -0.4 is 5.73 Å². The molecule has 6 heteroatoms. The van der Waals surface area contributed by atoms with Crippen molar-refractivity contribution in [3.05, 3.63) is 34.6 Å². The summed E-state index contributed by atoms with van der Waals surface area (Å²) in [5.41, 5.74) is 5.67. The standard InChI is InChI=1S/C14H15ClFN3O/c1-14(10-5-4-9(16)6-11(10)15)12(17)18-13(20)19(14)7-8-2-3-8/h4-6,8H,2-3,7H2,1H3,(H2,17,18,20). The van der Waals surface area contributed by atoms with E-state index in [1.54, 1.807) is 17.9 Å². The summed E-state index contributed by atoms with van der Waals surface area (Å²) in [6, 6.07) is 3.77. The first-order valence-electron chi connectivity index (χ1n) is 6.54. The molecule has 0 saturated heterocycles. The Kier molecular flexibility index (Phi) is 2.97. The van der Waals surface area contributed by atoms with Gasteiger partial charge < -0.3 is 10.6 Å². The number of rotatable bonds is 3. The Hall–Kier alpha value is -1.62.